The second kappa shape index (κ2) is 5.52. The van der Waals surface area contributed by atoms with Crippen molar-refractivity contribution in [3.8, 4) is 5.75 Å². The molecule has 2 rings (SSSR count). The second-order valence-corrected chi connectivity index (χ2v) is 4.29. The molecule has 0 aliphatic rings. The summed E-state index contributed by atoms with van der Waals surface area (Å²) < 4.78 is 6.55. The number of pyridine rings is 1. The molecule has 19 heavy (non-hydrogen) atoms. The maximum atomic E-state index is 11.9. The predicted molar refractivity (Wildman–Crippen MR) is 72.3 cm³/mol. The predicted octanol–water partition coefficient (Wildman–Crippen LogP) is 2.38. The first kappa shape index (κ1) is 13.1. The number of aromatic nitrogens is 1. The SMILES string of the molecule is CC(=O)Oc1ccc(=O)n(C(C)c2ccccc2)c1. The summed E-state index contributed by atoms with van der Waals surface area (Å²) in [6, 6.07) is 12.5. The van der Waals surface area contributed by atoms with E-state index in [1.807, 2.05) is 37.3 Å². The number of hydrogen-bond donors (Lipinski definition) is 0. The Labute approximate surface area is 111 Å². The van der Waals surface area contributed by atoms with Crippen LogP contribution in [0.5, 0.6) is 5.75 Å². The molecule has 1 heterocycles. The molecular weight excluding hydrogens is 242 g/mol. The number of carbonyl (C=O) groups is 1. The van der Waals surface area contributed by atoms with Gasteiger partial charge in [-0.1, -0.05) is 30.3 Å². The van der Waals surface area contributed by atoms with Crippen LogP contribution >= 0.6 is 0 Å². The van der Waals surface area contributed by atoms with Crippen LogP contribution in [0.1, 0.15) is 25.5 Å². The van der Waals surface area contributed by atoms with Crippen LogP contribution in [0.4, 0.5) is 0 Å². The Bertz CT molecular complexity index is 631. The van der Waals surface area contributed by atoms with E-state index in [0.717, 1.165) is 5.56 Å². The molecule has 1 unspecified atom stereocenters. The van der Waals surface area contributed by atoms with Crippen molar-refractivity contribution in [1.29, 1.82) is 0 Å². The summed E-state index contributed by atoms with van der Waals surface area (Å²) in [6.07, 6.45) is 1.56. The molecule has 1 aromatic heterocycles. The minimum Gasteiger partial charge on any atom is -0.425 e. The maximum Gasteiger partial charge on any atom is 0.308 e. The average Bonchev–Trinajstić information content (AvgIpc) is 2.40. The van der Waals surface area contributed by atoms with Crippen LogP contribution in [0.15, 0.2) is 53.5 Å². The van der Waals surface area contributed by atoms with Gasteiger partial charge in [-0.3, -0.25) is 9.59 Å². The summed E-state index contributed by atoms with van der Waals surface area (Å²) in [6.45, 7) is 3.25. The summed E-state index contributed by atoms with van der Waals surface area (Å²) in [5.41, 5.74) is 0.886. The fraction of sp³-hybridized carbons (Fsp3) is 0.200. The highest BCUT2D eigenvalue weighted by Crippen LogP contribution is 2.18. The molecular formula is C15H15NO3. The van der Waals surface area contributed by atoms with Crippen molar-refractivity contribution < 1.29 is 9.53 Å². The number of ether oxygens (including phenoxy) is 1. The van der Waals surface area contributed by atoms with E-state index < -0.39 is 5.97 Å². The molecule has 0 aliphatic heterocycles. The minimum atomic E-state index is -0.405. The summed E-state index contributed by atoms with van der Waals surface area (Å²) >= 11 is 0. The van der Waals surface area contributed by atoms with Crippen LogP contribution in [0.25, 0.3) is 0 Å². The molecule has 0 radical (unpaired) electrons. The van der Waals surface area contributed by atoms with Crippen molar-refractivity contribution in [3.63, 3.8) is 0 Å². The normalized spacial score (nSPS) is 11.9. The lowest BCUT2D eigenvalue weighted by molar-refractivity contribution is -0.131. The van der Waals surface area contributed by atoms with E-state index in [9.17, 15) is 9.59 Å². The van der Waals surface area contributed by atoms with Gasteiger partial charge in [-0.15, -0.1) is 0 Å². The average molecular weight is 257 g/mol. The lowest BCUT2D eigenvalue weighted by Gasteiger charge is -2.16. The van der Waals surface area contributed by atoms with Gasteiger partial charge in [-0.25, -0.2) is 0 Å². The van der Waals surface area contributed by atoms with Crippen LogP contribution in [-0.4, -0.2) is 10.5 Å². The minimum absolute atomic E-state index is 0.121. The van der Waals surface area contributed by atoms with E-state index in [4.69, 9.17) is 4.74 Å². The van der Waals surface area contributed by atoms with E-state index in [1.54, 1.807) is 10.8 Å². The molecule has 0 N–H and O–H groups in total. The maximum absolute atomic E-state index is 11.9. The monoisotopic (exact) mass is 257 g/mol. The van der Waals surface area contributed by atoms with Gasteiger partial charge in [0.1, 0.15) is 5.75 Å². The first-order chi connectivity index (χ1) is 9.08. The Morgan fingerprint density at radius 1 is 1.16 bits per heavy atom. The molecule has 0 saturated carbocycles. The number of carbonyl (C=O) groups excluding carboxylic acids is 1. The Morgan fingerprint density at radius 2 is 1.84 bits per heavy atom. The molecule has 1 atom stereocenters. The van der Waals surface area contributed by atoms with Gasteiger partial charge in [0.2, 0.25) is 0 Å². The molecule has 98 valence electrons. The molecule has 4 nitrogen and oxygen atoms in total. The first-order valence-corrected chi connectivity index (χ1v) is 6.03. The van der Waals surface area contributed by atoms with Crippen molar-refractivity contribution in [1.82, 2.24) is 4.57 Å². The van der Waals surface area contributed by atoms with Gasteiger partial charge < -0.3 is 9.30 Å². The lowest BCUT2D eigenvalue weighted by atomic mass is 10.1. The van der Waals surface area contributed by atoms with Crippen molar-refractivity contribution >= 4 is 5.97 Å². The Morgan fingerprint density at radius 3 is 2.47 bits per heavy atom. The Hall–Kier alpha value is -2.36. The standard InChI is InChI=1S/C15H15NO3/c1-11(13-6-4-3-5-7-13)16-10-14(19-12(2)17)8-9-15(16)18/h3-11H,1-2H3. The van der Waals surface area contributed by atoms with Crippen molar-refractivity contribution in [2.45, 2.75) is 19.9 Å². The van der Waals surface area contributed by atoms with E-state index in [1.165, 1.54) is 19.1 Å². The van der Waals surface area contributed by atoms with Gasteiger partial charge in [0, 0.05) is 13.0 Å². The van der Waals surface area contributed by atoms with Crippen LogP contribution in [0.3, 0.4) is 0 Å². The van der Waals surface area contributed by atoms with Gasteiger partial charge in [0.15, 0.2) is 0 Å². The fourth-order valence-corrected chi connectivity index (χ4v) is 1.90. The van der Waals surface area contributed by atoms with Crippen LogP contribution in [0, 0.1) is 0 Å². The van der Waals surface area contributed by atoms with E-state index in [-0.39, 0.29) is 11.6 Å². The highest BCUT2D eigenvalue weighted by atomic mass is 16.5. The zero-order chi connectivity index (χ0) is 13.8. The van der Waals surface area contributed by atoms with Crippen molar-refractivity contribution in [3.05, 3.63) is 64.6 Å². The van der Waals surface area contributed by atoms with Crippen LogP contribution in [-0.2, 0) is 4.79 Å². The second-order valence-electron chi connectivity index (χ2n) is 4.29. The number of nitrogens with zero attached hydrogens (tertiary/aromatic N) is 1. The summed E-state index contributed by atoms with van der Waals surface area (Å²) in [4.78, 5) is 22.8. The number of hydrogen-bond acceptors (Lipinski definition) is 3. The zero-order valence-electron chi connectivity index (χ0n) is 10.9. The third-order valence-corrected chi connectivity index (χ3v) is 2.87. The van der Waals surface area contributed by atoms with Crippen molar-refractivity contribution in [2.75, 3.05) is 0 Å². The smallest absolute Gasteiger partial charge is 0.308 e. The molecule has 0 saturated heterocycles. The zero-order valence-corrected chi connectivity index (χ0v) is 10.9. The molecule has 0 bridgehead atoms. The largest absolute Gasteiger partial charge is 0.425 e. The molecule has 0 spiro atoms. The Kier molecular flexibility index (Phi) is 3.80. The van der Waals surface area contributed by atoms with Crippen molar-refractivity contribution in [2.24, 2.45) is 0 Å². The molecule has 0 fully saturated rings. The highest BCUT2D eigenvalue weighted by molar-refractivity contribution is 5.69. The van der Waals surface area contributed by atoms with Gasteiger partial charge in [0.25, 0.3) is 5.56 Å². The van der Waals surface area contributed by atoms with E-state index in [0.29, 0.717) is 5.75 Å². The van der Waals surface area contributed by atoms with Crippen LogP contribution < -0.4 is 10.3 Å². The molecule has 0 amide bonds. The summed E-state index contributed by atoms with van der Waals surface area (Å²) in [5.74, 6) is -0.0348. The Balaban J connectivity index is 2.38. The van der Waals surface area contributed by atoms with Gasteiger partial charge in [-0.05, 0) is 18.6 Å². The molecule has 2 aromatic rings. The van der Waals surface area contributed by atoms with Gasteiger partial charge in [-0.2, -0.15) is 0 Å². The number of rotatable bonds is 3. The van der Waals surface area contributed by atoms with Crippen LogP contribution in [0.2, 0.25) is 0 Å². The topological polar surface area (TPSA) is 48.3 Å². The van der Waals surface area contributed by atoms with Gasteiger partial charge in [0.05, 0.1) is 12.2 Å². The first-order valence-electron chi connectivity index (χ1n) is 6.03. The third kappa shape index (κ3) is 3.10. The summed E-state index contributed by atoms with van der Waals surface area (Å²) in [7, 11) is 0. The molecule has 1 aromatic carbocycles. The van der Waals surface area contributed by atoms with E-state index >= 15 is 0 Å². The van der Waals surface area contributed by atoms with E-state index in [2.05, 4.69) is 0 Å². The number of benzene rings is 1. The quantitative estimate of drug-likeness (QED) is 0.793. The molecule has 0 aliphatic carbocycles. The third-order valence-electron chi connectivity index (χ3n) is 2.87. The lowest BCUT2D eigenvalue weighted by Crippen LogP contribution is -2.23. The summed E-state index contributed by atoms with van der Waals surface area (Å²) in [5, 5.41) is 0. The van der Waals surface area contributed by atoms with Gasteiger partial charge >= 0.3 is 5.97 Å². The molecule has 4 heteroatoms. The highest BCUT2D eigenvalue weighted by Gasteiger charge is 2.10. The number of esters is 1. The fourth-order valence-electron chi connectivity index (χ4n) is 1.90.